The SMILES string of the molecule is CCc1nn(C)c(N2CCCCC2CC(=O)O)c1[N+](=O)[O-]. The van der Waals surface area contributed by atoms with E-state index in [2.05, 4.69) is 5.10 Å². The average molecular weight is 296 g/mol. The second kappa shape index (κ2) is 6.11. The molecule has 0 aliphatic carbocycles. The normalized spacial score (nSPS) is 18.8. The van der Waals surface area contributed by atoms with Crippen LogP contribution in [0.5, 0.6) is 0 Å². The zero-order chi connectivity index (χ0) is 15.6. The van der Waals surface area contributed by atoms with Gasteiger partial charge in [-0.3, -0.25) is 14.9 Å². The van der Waals surface area contributed by atoms with E-state index in [4.69, 9.17) is 5.11 Å². The van der Waals surface area contributed by atoms with Gasteiger partial charge < -0.3 is 10.0 Å². The molecule has 0 bridgehead atoms. The predicted molar refractivity (Wildman–Crippen MR) is 76.5 cm³/mol. The number of hydrogen-bond donors (Lipinski definition) is 1. The van der Waals surface area contributed by atoms with E-state index in [-0.39, 0.29) is 18.2 Å². The molecule has 1 N–H and O–H groups in total. The summed E-state index contributed by atoms with van der Waals surface area (Å²) in [5.74, 6) is -0.449. The van der Waals surface area contributed by atoms with Gasteiger partial charge in [-0.05, 0) is 25.7 Å². The van der Waals surface area contributed by atoms with Crippen LogP contribution in [0.2, 0.25) is 0 Å². The minimum absolute atomic E-state index is 0.0101. The Labute approximate surface area is 122 Å². The molecule has 0 saturated carbocycles. The summed E-state index contributed by atoms with van der Waals surface area (Å²) in [6, 6.07) is -0.213. The fraction of sp³-hybridized carbons (Fsp3) is 0.692. The first-order valence-corrected chi connectivity index (χ1v) is 7.14. The molecule has 116 valence electrons. The highest BCUT2D eigenvalue weighted by molar-refractivity contribution is 5.70. The van der Waals surface area contributed by atoms with Gasteiger partial charge in [0.05, 0.1) is 11.3 Å². The molecule has 1 aliphatic rings. The minimum atomic E-state index is -0.882. The lowest BCUT2D eigenvalue weighted by molar-refractivity contribution is -0.384. The molecule has 0 aromatic carbocycles. The summed E-state index contributed by atoms with van der Waals surface area (Å²) in [5.41, 5.74) is 0.453. The average Bonchev–Trinajstić information content (AvgIpc) is 2.75. The zero-order valence-corrected chi connectivity index (χ0v) is 12.3. The first-order chi connectivity index (χ1) is 9.95. The second-order valence-electron chi connectivity index (χ2n) is 5.29. The first-order valence-electron chi connectivity index (χ1n) is 7.14. The molecule has 1 fully saturated rings. The van der Waals surface area contributed by atoms with Crippen molar-refractivity contribution in [3.05, 3.63) is 15.8 Å². The molecule has 21 heavy (non-hydrogen) atoms. The Hall–Kier alpha value is -2.12. The summed E-state index contributed by atoms with van der Waals surface area (Å²) < 4.78 is 1.51. The lowest BCUT2D eigenvalue weighted by Gasteiger charge is -2.35. The van der Waals surface area contributed by atoms with Crippen molar-refractivity contribution in [1.29, 1.82) is 0 Å². The number of nitrogens with zero attached hydrogens (tertiary/aromatic N) is 4. The standard InChI is InChI=1S/C13H20N4O4/c1-3-10-12(17(20)21)13(15(2)14-10)16-7-5-4-6-9(16)8-11(18)19/h9H,3-8H2,1-2H3,(H,18,19). The molecular weight excluding hydrogens is 276 g/mol. The molecule has 1 aliphatic heterocycles. The molecule has 1 aromatic rings. The minimum Gasteiger partial charge on any atom is -0.481 e. The van der Waals surface area contributed by atoms with Crippen molar-refractivity contribution in [2.24, 2.45) is 7.05 Å². The quantitative estimate of drug-likeness (QED) is 0.655. The number of carboxylic acids is 1. The van der Waals surface area contributed by atoms with E-state index < -0.39 is 10.9 Å². The number of rotatable bonds is 5. The summed E-state index contributed by atoms with van der Waals surface area (Å²) in [6.07, 6.45) is 3.04. The summed E-state index contributed by atoms with van der Waals surface area (Å²) in [6.45, 7) is 2.45. The smallest absolute Gasteiger partial charge is 0.334 e. The molecule has 2 rings (SSSR count). The molecule has 8 nitrogen and oxygen atoms in total. The Morgan fingerprint density at radius 3 is 2.81 bits per heavy atom. The van der Waals surface area contributed by atoms with E-state index in [1.165, 1.54) is 4.68 Å². The van der Waals surface area contributed by atoms with Gasteiger partial charge in [0.1, 0.15) is 5.69 Å². The van der Waals surface area contributed by atoms with Crippen molar-refractivity contribution in [2.45, 2.75) is 45.1 Å². The van der Waals surface area contributed by atoms with Gasteiger partial charge in [0, 0.05) is 19.6 Å². The van der Waals surface area contributed by atoms with Gasteiger partial charge in [-0.25, -0.2) is 4.68 Å². The Bertz CT molecular complexity index is 555. The van der Waals surface area contributed by atoms with Crippen LogP contribution in [0.1, 0.15) is 38.3 Å². The first kappa shape index (κ1) is 15.3. The molecule has 8 heteroatoms. The van der Waals surface area contributed by atoms with Crippen LogP contribution in [0, 0.1) is 10.1 Å². The number of nitro groups is 1. The second-order valence-corrected chi connectivity index (χ2v) is 5.29. The molecule has 0 spiro atoms. The maximum Gasteiger partial charge on any atom is 0.334 e. The van der Waals surface area contributed by atoms with Gasteiger partial charge >= 0.3 is 11.7 Å². The maximum atomic E-state index is 11.4. The fourth-order valence-electron chi connectivity index (χ4n) is 3.00. The van der Waals surface area contributed by atoms with Crippen LogP contribution >= 0.6 is 0 Å². The van der Waals surface area contributed by atoms with Crippen LogP contribution in [0.4, 0.5) is 11.5 Å². The van der Waals surface area contributed by atoms with Crippen molar-refractivity contribution in [1.82, 2.24) is 9.78 Å². The number of carbonyl (C=O) groups is 1. The van der Waals surface area contributed by atoms with E-state index in [1.54, 1.807) is 7.05 Å². The predicted octanol–water partition coefficient (Wildman–Crippen LogP) is 1.72. The van der Waals surface area contributed by atoms with E-state index in [0.29, 0.717) is 24.5 Å². The molecule has 1 atom stereocenters. The third-order valence-corrected chi connectivity index (χ3v) is 3.89. The van der Waals surface area contributed by atoms with E-state index in [9.17, 15) is 14.9 Å². The number of aryl methyl sites for hydroxylation is 2. The molecule has 0 radical (unpaired) electrons. The lowest BCUT2D eigenvalue weighted by Crippen LogP contribution is -2.42. The number of anilines is 1. The topological polar surface area (TPSA) is 102 Å². The Kier molecular flexibility index (Phi) is 4.44. The van der Waals surface area contributed by atoms with Crippen molar-refractivity contribution >= 4 is 17.5 Å². The Morgan fingerprint density at radius 2 is 2.24 bits per heavy atom. The van der Waals surface area contributed by atoms with Gasteiger partial charge in [0.2, 0.25) is 5.82 Å². The van der Waals surface area contributed by atoms with Gasteiger partial charge in [-0.15, -0.1) is 0 Å². The van der Waals surface area contributed by atoms with E-state index in [1.807, 2.05) is 11.8 Å². The van der Waals surface area contributed by atoms with E-state index in [0.717, 1.165) is 19.3 Å². The summed E-state index contributed by atoms with van der Waals surface area (Å²) in [5, 5.41) is 24.7. The summed E-state index contributed by atoms with van der Waals surface area (Å²) in [4.78, 5) is 23.9. The third kappa shape index (κ3) is 2.98. The molecule has 1 saturated heterocycles. The zero-order valence-electron chi connectivity index (χ0n) is 12.3. The number of aromatic nitrogens is 2. The van der Waals surface area contributed by atoms with Crippen LogP contribution in [0.3, 0.4) is 0 Å². The van der Waals surface area contributed by atoms with Crippen molar-refractivity contribution in [2.75, 3.05) is 11.4 Å². The van der Waals surface area contributed by atoms with Gasteiger partial charge in [0.25, 0.3) is 0 Å². The third-order valence-electron chi connectivity index (χ3n) is 3.89. The highest BCUT2D eigenvalue weighted by Gasteiger charge is 2.35. The van der Waals surface area contributed by atoms with Crippen molar-refractivity contribution in [3.63, 3.8) is 0 Å². The number of aliphatic carboxylic acids is 1. The number of piperidine rings is 1. The molecule has 1 unspecified atom stereocenters. The van der Waals surface area contributed by atoms with Crippen LogP contribution in [0.15, 0.2) is 0 Å². The van der Waals surface area contributed by atoms with Crippen LogP contribution in [-0.4, -0.2) is 38.4 Å². The Morgan fingerprint density at radius 1 is 1.52 bits per heavy atom. The van der Waals surface area contributed by atoms with Gasteiger partial charge in [-0.1, -0.05) is 6.92 Å². The fourth-order valence-corrected chi connectivity index (χ4v) is 3.00. The highest BCUT2D eigenvalue weighted by Crippen LogP contribution is 2.36. The monoisotopic (exact) mass is 296 g/mol. The largest absolute Gasteiger partial charge is 0.481 e. The Balaban J connectivity index is 2.44. The van der Waals surface area contributed by atoms with Crippen LogP contribution < -0.4 is 4.90 Å². The van der Waals surface area contributed by atoms with Crippen molar-refractivity contribution < 1.29 is 14.8 Å². The number of carboxylic acid groups (broad SMARTS) is 1. The van der Waals surface area contributed by atoms with Crippen LogP contribution in [-0.2, 0) is 18.3 Å². The highest BCUT2D eigenvalue weighted by atomic mass is 16.6. The maximum absolute atomic E-state index is 11.4. The summed E-state index contributed by atoms with van der Waals surface area (Å²) >= 11 is 0. The summed E-state index contributed by atoms with van der Waals surface area (Å²) in [7, 11) is 1.67. The van der Waals surface area contributed by atoms with Gasteiger partial charge in [-0.2, -0.15) is 5.10 Å². The lowest BCUT2D eigenvalue weighted by atomic mass is 9.99. The number of hydrogen-bond acceptors (Lipinski definition) is 5. The van der Waals surface area contributed by atoms with Gasteiger partial charge in [0.15, 0.2) is 0 Å². The molecular formula is C13H20N4O4. The van der Waals surface area contributed by atoms with E-state index >= 15 is 0 Å². The molecule has 0 amide bonds. The molecule has 1 aromatic heterocycles. The van der Waals surface area contributed by atoms with Crippen LogP contribution in [0.25, 0.3) is 0 Å². The van der Waals surface area contributed by atoms with Crippen molar-refractivity contribution in [3.8, 4) is 0 Å². The molecule has 2 heterocycles.